The standard InChI is InChI=1S/C13H20N2O5/c1-20-6-5-15-8-9(7-10(15)16)11(17)14-13(12(18)19)3-2-4-13/h9H,2-8H2,1H3,(H,14,17)(H,18,19). The first-order valence-corrected chi connectivity index (χ1v) is 6.80. The fraction of sp³-hybridized carbons (Fsp3) is 0.769. The van der Waals surface area contributed by atoms with Crippen LogP contribution in [-0.4, -0.2) is 60.1 Å². The first-order valence-electron chi connectivity index (χ1n) is 6.80. The van der Waals surface area contributed by atoms with Crippen LogP contribution < -0.4 is 5.32 Å². The molecule has 2 amide bonds. The van der Waals surface area contributed by atoms with Crippen molar-refractivity contribution in [3.05, 3.63) is 0 Å². The number of nitrogens with zero attached hydrogens (tertiary/aromatic N) is 1. The number of likely N-dealkylation sites (tertiary alicyclic amines) is 1. The highest BCUT2D eigenvalue weighted by atomic mass is 16.5. The van der Waals surface area contributed by atoms with Gasteiger partial charge in [-0.15, -0.1) is 0 Å². The van der Waals surface area contributed by atoms with E-state index in [-0.39, 0.29) is 18.2 Å². The summed E-state index contributed by atoms with van der Waals surface area (Å²) in [5.74, 6) is -1.87. The molecule has 0 spiro atoms. The Hall–Kier alpha value is -1.63. The molecule has 7 nitrogen and oxygen atoms in total. The number of carboxylic acid groups (broad SMARTS) is 1. The van der Waals surface area contributed by atoms with Crippen LogP contribution in [0.5, 0.6) is 0 Å². The first kappa shape index (κ1) is 14.8. The SMILES string of the molecule is COCCN1CC(C(=O)NC2(C(=O)O)CCC2)CC1=O. The van der Waals surface area contributed by atoms with E-state index in [4.69, 9.17) is 4.74 Å². The summed E-state index contributed by atoms with van der Waals surface area (Å²) in [5.41, 5.74) is -1.11. The van der Waals surface area contributed by atoms with E-state index in [2.05, 4.69) is 5.32 Å². The monoisotopic (exact) mass is 284 g/mol. The van der Waals surface area contributed by atoms with Crippen LogP contribution in [-0.2, 0) is 19.1 Å². The predicted molar refractivity (Wildman–Crippen MR) is 68.9 cm³/mol. The molecule has 1 unspecified atom stereocenters. The fourth-order valence-electron chi connectivity index (χ4n) is 2.63. The van der Waals surface area contributed by atoms with E-state index < -0.39 is 17.4 Å². The Kier molecular flexibility index (Phi) is 4.27. The Balaban J connectivity index is 1.91. The van der Waals surface area contributed by atoms with Crippen molar-refractivity contribution in [1.29, 1.82) is 0 Å². The molecule has 1 heterocycles. The van der Waals surface area contributed by atoms with E-state index in [1.165, 1.54) is 0 Å². The number of amides is 2. The Morgan fingerprint density at radius 2 is 2.20 bits per heavy atom. The van der Waals surface area contributed by atoms with Crippen molar-refractivity contribution in [3.8, 4) is 0 Å². The Bertz CT molecular complexity index is 419. The number of nitrogens with one attached hydrogen (secondary N) is 1. The Morgan fingerprint density at radius 3 is 2.70 bits per heavy atom. The summed E-state index contributed by atoms with van der Waals surface area (Å²) in [6.07, 6.45) is 1.87. The average Bonchev–Trinajstić information content (AvgIpc) is 2.72. The quantitative estimate of drug-likeness (QED) is 0.692. The summed E-state index contributed by atoms with van der Waals surface area (Å²) in [5, 5.41) is 11.8. The second kappa shape index (κ2) is 5.78. The molecule has 2 rings (SSSR count). The number of methoxy groups -OCH3 is 1. The maximum Gasteiger partial charge on any atom is 0.329 e. The summed E-state index contributed by atoms with van der Waals surface area (Å²) >= 11 is 0. The molecule has 2 N–H and O–H groups in total. The molecule has 2 aliphatic rings. The smallest absolute Gasteiger partial charge is 0.329 e. The first-order chi connectivity index (χ1) is 9.48. The molecule has 1 atom stereocenters. The van der Waals surface area contributed by atoms with Crippen LogP contribution in [0, 0.1) is 5.92 Å². The zero-order valence-corrected chi connectivity index (χ0v) is 11.6. The zero-order valence-electron chi connectivity index (χ0n) is 11.6. The summed E-state index contributed by atoms with van der Waals surface area (Å²) in [4.78, 5) is 36.7. The number of carbonyl (C=O) groups is 3. The molecule has 0 bridgehead atoms. The van der Waals surface area contributed by atoms with Gasteiger partial charge in [0.1, 0.15) is 5.54 Å². The largest absolute Gasteiger partial charge is 0.480 e. The number of rotatable bonds is 6. The normalized spacial score (nSPS) is 24.4. The molecular weight excluding hydrogens is 264 g/mol. The third-order valence-electron chi connectivity index (χ3n) is 4.13. The number of hydrogen-bond acceptors (Lipinski definition) is 4. The molecule has 7 heteroatoms. The second-order valence-electron chi connectivity index (χ2n) is 5.46. The minimum atomic E-state index is -1.11. The maximum atomic E-state index is 12.1. The third kappa shape index (κ3) is 2.77. The van der Waals surface area contributed by atoms with Gasteiger partial charge >= 0.3 is 5.97 Å². The van der Waals surface area contributed by atoms with Gasteiger partial charge in [-0.25, -0.2) is 4.79 Å². The van der Waals surface area contributed by atoms with Crippen LogP contribution in [0.25, 0.3) is 0 Å². The molecular formula is C13H20N2O5. The molecule has 112 valence electrons. The van der Waals surface area contributed by atoms with E-state index in [1.54, 1.807) is 12.0 Å². The minimum absolute atomic E-state index is 0.0832. The highest BCUT2D eigenvalue weighted by molar-refractivity contribution is 5.93. The molecule has 1 saturated carbocycles. The third-order valence-corrected chi connectivity index (χ3v) is 4.13. The van der Waals surface area contributed by atoms with E-state index in [1.807, 2.05) is 0 Å². The summed E-state index contributed by atoms with van der Waals surface area (Å²) in [6.45, 7) is 1.23. The molecule has 0 aromatic carbocycles. The fourth-order valence-corrected chi connectivity index (χ4v) is 2.63. The predicted octanol–water partition coefficient (Wildman–Crippen LogP) is -0.395. The van der Waals surface area contributed by atoms with Gasteiger partial charge in [0.25, 0.3) is 0 Å². The van der Waals surface area contributed by atoms with Gasteiger partial charge in [-0.1, -0.05) is 0 Å². The van der Waals surface area contributed by atoms with Crippen LogP contribution in [0.15, 0.2) is 0 Å². The van der Waals surface area contributed by atoms with Crippen molar-refractivity contribution >= 4 is 17.8 Å². The van der Waals surface area contributed by atoms with Crippen molar-refractivity contribution in [2.75, 3.05) is 26.8 Å². The van der Waals surface area contributed by atoms with Gasteiger partial charge in [-0.2, -0.15) is 0 Å². The van der Waals surface area contributed by atoms with Gasteiger partial charge in [-0.05, 0) is 19.3 Å². The molecule has 2 fully saturated rings. The zero-order chi connectivity index (χ0) is 14.8. The highest BCUT2D eigenvalue weighted by Crippen LogP contribution is 2.33. The van der Waals surface area contributed by atoms with Crippen LogP contribution in [0.4, 0.5) is 0 Å². The molecule has 0 aromatic rings. The molecule has 1 aliphatic heterocycles. The second-order valence-corrected chi connectivity index (χ2v) is 5.46. The Labute approximate surface area is 117 Å². The molecule has 0 radical (unpaired) electrons. The lowest BCUT2D eigenvalue weighted by molar-refractivity contribution is -0.152. The number of aliphatic carboxylic acids is 1. The van der Waals surface area contributed by atoms with Crippen molar-refractivity contribution in [2.45, 2.75) is 31.2 Å². The van der Waals surface area contributed by atoms with Gasteiger partial charge in [0, 0.05) is 26.6 Å². The average molecular weight is 284 g/mol. The number of carbonyl (C=O) groups excluding carboxylic acids is 2. The number of ether oxygens (including phenoxy) is 1. The van der Waals surface area contributed by atoms with Gasteiger partial charge in [-0.3, -0.25) is 9.59 Å². The maximum absolute atomic E-state index is 12.1. The molecule has 1 saturated heterocycles. The topological polar surface area (TPSA) is 95.9 Å². The van der Waals surface area contributed by atoms with E-state index >= 15 is 0 Å². The lowest BCUT2D eigenvalue weighted by Gasteiger charge is -2.38. The van der Waals surface area contributed by atoms with Gasteiger partial charge in [0.2, 0.25) is 11.8 Å². The Morgan fingerprint density at radius 1 is 1.50 bits per heavy atom. The van der Waals surface area contributed by atoms with Crippen LogP contribution in [0.2, 0.25) is 0 Å². The van der Waals surface area contributed by atoms with E-state index in [0.717, 1.165) is 6.42 Å². The lowest BCUT2D eigenvalue weighted by atomic mass is 9.76. The molecule has 20 heavy (non-hydrogen) atoms. The summed E-state index contributed by atoms with van der Waals surface area (Å²) in [6, 6.07) is 0. The van der Waals surface area contributed by atoms with Crippen LogP contribution >= 0.6 is 0 Å². The van der Waals surface area contributed by atoms with Crippen molar-refractivity contribution in [1.82, 2.24) is 10.2 Å². The number of hydrogen-bond donors (Lipinski definition) is 2. The van der Waals surface area contributed by atoms with Gasteiger partial charge in [0.15, 0.2) is 0 Å². The van der Waals surface area contributed by atoms with E-state index in [9.17, 15) is 19.5 Å². The lowest BCUT2D eigenvalue weighted by Crippen LogP contribution is -2.60. The summed E-state index contributed by atoms with van der Waals surface area (Å²) < 4.78 is 4.91. The summed E-state index contributed by atoms with van der Waals surface area (Å²) in [7, 11) is 1.55. The van der Waals surface area contributed by atoms with Crippen LogP contribution in [0.3, 0.4) is 0 Å². The molecule has 0 aromatic heterocycles. The van der Waals surface area contributed by atoms with Crippen molar-refractivity contribution < 1.29 is 24.2 Å². The van der Waals surface area contributed by atoms with Gasteiger partial charge < -0.3 is 20.1 Å². The van der Waals surface area contributed by atoms with Crippen molar-refractivity contribution in [2.24, 2.45) is 5.92 Å². The van der Waals surface area contributed by atoms with Gasteiger partial charge in [0.05, 0.1) is 12.5 Å². The van der Waals surface area contributed by atoms with Crippen molar-refractivity contribution in [3.63, 3.8) is 0 Å². The molecule has 1 aliphatic carbocycles. The number of carboxylic acids is 1. The highest BCUT2D eigenvalue weighted by Gasteiger charge is 2.47. The van der Waals surface area contributed by atoms with Crippen LogP contribution in [0.1, 0.15) is 25.7 Å². The van der Waals surface area contributed by atoms with E-state index in [0.29, 0.717) is 32.5 Å². The minimum Gasteiger partial charge on any atom is -0.480 e.